The standard InChI is InChI=1S/C16H17NOS/c1-13-7-9-15(10-8-13)19-12-11-16(18)17-14-5-3-2-4-6-14/h2-10H,11-12H2,1H3,(H,17,18). The minimum atomic E-state index is 0.0609. The quantitative estimate of drug-likeness (QED) is 0.829. The van der Waals surface area contributed by atoms with Crippen molar-refractivity contribution in [1.29, 1.82) is 0 Å². The molecule has 0 bridgehead atoms. The minimum Gasteiger partial charge on any atom is -0.326 e. The summed E-state index contributed by atoms with van der Waals surface area (Å²) in [5, 5.41) is 2.89. The molecular formula is C16H17NOS. The summed E-state index contributed by atoms with van der Waals surface area (Å²) in [6.45, 7) is 2.07. The SMILES string of the molecule is Cc1ccc(SCCC(=O)Nc2ccccc2)cc1. The van der Waals surface area contributed by atoms with Gasteiger partial charge in [0.1, 0.15) is 0 Å². The van der Waals surface area contributed by atoms with Gasteiger partial charge in [-0.3, -0.25) is 4.79 Å². The number of carbonyl (C=O) groups excluding carboxylic acids is 1. The van der Waals surface area contributed by atoms with Gasteiger partial charge in [-0.25, -0.2) is 0 Å². The predicted octanol–water partition coefficient (Wildman–Crippen LogP) is 4.12. The van der Waals surface area contributed by atoms with E-state index < -0.39 is 0 Å². The molecule has 0 spiro atoms. The summed E-state index contributed by atoms with van der Waals surface area (Å²) in [6, 6.07) is 17.9. The number of aryl methyl sites for hydroxylation is 1. The highest BCUT2D eigenvalue weighted by molar-refractivity contribution is 7.99. The van der Waals surface area contributed by atoms with Crippen LogP contribution >= 0.6 is 11.8 Å². The van der Waals surface area contributed by atoms with Crippen LogP contribution in [-0.2, 0) is 4.79 Å². The number of para-hydroxylation sites is 1. The van der Waals surface area contributed by atoms with Gasteiger partial charge in [-0.15, -0.1) is 11.8 Å². The van der Waals surface area contributed by atoms with E-state index in [1.54, 1.807) is 11.8 Å². The van der Waals surface area contributed by atoms with Gasteiger partial charge < -0.3 is 5.32 Å². The van der Waals surface area contributed by atoms with E-state index >= 15 is 0 Å². The Bertz CT molecular complexity index is 522. The largest absolute Gasteiger partial charge is 0.326 e. The van der Waals surface area contributed by atoms with Gasteiger partial charge in [-0.05, 0) is 31.2 Å². The molecule has 0 saturated carbocycles. The highest BCUT2D eigenvalue weighted by Gasteiger charge is 2.02. The van der Waals surface area contributed by atoms with Crippen molar-refractivity contribution in [3.8, 4) is 0 Å². The van der Waals surface area contributed by atoms with Crippen LogP contribution in [0, 0.1) is 6.92 Å². The van der Waals surface area contributed by atoms with Gasteiger partial charge in [0.2, 0.25) is 5.91 Å². The Labute approximate surface area is 118 Å². The molecule has 1 N–H and O–H groups in total. The van der Waals surface area contributed by atoms with E-state index in [0.29, 0.717) is 6.42 Å². The van der Waals surface area contributed by atoms with Gasteiger partial charge in [0.25, 0.3) is 0 Å². The summed E-state index contributed by atoms with van der Waals surface area (Å²) in [6.07, 6.45) is 0.521. The van der Waals surface area contributed by atoms with Crippen LogP contribution in [0.25, 0.3) is 0 Å². The van der Waals surface area contributed by atoms with Crippen LogP contribution < -0.4 is 5.32 Å². The number of nitrogens with one attached hydrogen (secondary N) is 1. The summed E-state index contributed by atoms with van der Waals surface area (Å²) >= 11 is 1.71. The van der Waals surface area contributed by atoms with Crippen LogP contribution in [0.3, 0.4) is 0 Å². The molecule has 0 heterocycles. The molecule has 0 aliphatic rings. The smallest absolute Gasteiger partial charge is 0.225 e. The topological polar surface area (TPSA) is 29.1 Å². The summed E-state index contributed by atoms with van der Waals surface area (Å²) < 4.78 is 0. The monoisotopic (exact) mass is 271 g/mol. The molecule has 19 heavy (non-hydrogen) atoms. The number of amides is 1. The van der Waals surface area contributed by atoms with E-state index in [4.69, 9.17) is 0 Å². The molecule has 0 atom stereocenters. The lowest BCUT2D eigenvalue weighted by atomic mass is 10.2. The molecule has 2 aromatic rings. The van der Waals surface area contributed by atoms with Crippen LogP contribution in [0.1, 0.15) is 12.0 Å². The maximum Gasteiger partial charge on any atom is 0.225 e. The predicted molar refractivity (Wildman–Crippen MR) is 81.6 cm³/mol. The number of carbonyl (C=O) groups is 1. The fraction of sp³-hybridized carbons (Fsp3) is 0.188. The number of benzene rings is 2. The first kappa shape index (κ1) is 13.7. The molecule has 0 aliphatic heterocycles. The normalized spacial score (nSPS) is 10.2. The van der Waals surface area contributed by atoms with Crippen molar-refractivity contribution in [3.63, 3.8) is 0 Å². The first-order valence-electron chi connectivity index (χ1n) is 6.28. The molecule has 2 nitrogen and oxygen atoms in total. The second kappa shape index (κ2) is 7.00. The summed E-state index contributed by atoms with van der Waals surface area (Å²) in [5.41, 5.74) is 2.11. The van der Waals surface area contributed by atoms with Crippen LogP contribution in [0.15, 0.2) is 59.5 Å². The molecule has 2 aromatic carbocycles. The number of anilines is 1. The Hall–Kier alpha value is -1.74. The van der Waals surface area contributed by atoms with E-state index in [-0.39, 0.29) is 5.91 Å². The molecule has 0 aliphatic carbocycles. The van der Waals surface area contributed by atoms with E-state index in [9.17, 15) is 4.79 Å². The third-order valence-corrected chi connectivity index (χ3v) is 3.69. The molecule has 0 radical (unpaired) electrons. The lowest BCUT2D eigenvalue weighted by molar-refractivity contribution is -0.115. The zero-order valence-electron chi connectivity index (χ0n) is 10.9. The van der Waals surface area contributed by atoms with Gasteiger partial charge in [0.15, 0.2) is 0 Å². The van der Waals surface area contributed by atoms with Gasteiger partial charge >= 0.3 is 0 Å². The van der Waals surface area contributed by atoms with E-state index in [2.05, 4.69) is 36.5 Å². The zero-order valence-corrected chi connectivity index (χ0v) is 11.7. The first-order valence-corrected chi connectivity index (χ1v) is 7.27. The van der Waals surface area contributed by atoms with Crippen LogP contribution in [-0.4, -0.2) is 11.7 Å². The molecule has 0 fully saturated rings. The molecule has 2 rings (SSSR count). The lowest BCUT2D eigenvalue weighted by Crippen LogP contribution is -2.11. The van der Waals surface area contributed by atoms with E-state index in [1.807, 2.05) is 30.3 Å². The Kier molecular flexibility index (Phi) is 5.04. The minimum absolute atomic E-state index is 0.0609. The van der Waals surface area contributed by atoms with Crippen molar-refractivity contribution in [2.45, 2.75) is 18.2 Å². The second-order valence-corrected chi connectivity index (χ2v) is 5.49. The van der Waals surface area contributed by atoms with Gasteiger partial charge in [0.05, 0.1) is 0 Å². The molecule has 3 heteroatoms. The van der Waals surface area contributed by atoms with Crippen molar-refractivity contribution in [2.24, 2.45) is 0 Å². The molecule has 0 saturated heterocycles. The zero-order chi connectivity index (χ0) is 13.5. The molecule has 0 aromatic heterocycles. The van der Waals surface area contributed by atoms with Crippen LogP contribution in [0.2, 0.25) is 0 Å². The van der Waals surface area contributed by atoms with Crippen molar-refractivity contribution < 1.29 is 4.79 Å². The van der Waals surface area contributed by atoms with Crippen molar-refractivity contribution in [1.82, 2.24) is 0 Å². The summed E-state index contributed by atoms with van der Waals surface area (Å²) in [7, 11) is 0. The maximum absolute atomic E-state index is 11.7. The average molecular weight is 271 g/mol. The number of thioether (sulfide) groups is 1. The molecule has 0 unspecified atom stereocenters. The van der Waals surface area contributed by atoms with Crippen LogP contribution in [0.5, 0.6) is 0 Å². The lowest BCUT2D eigenvalue weighted by Gasteiger charge is -2.05. The van der Waals surface area contributed by atoms with Gasteiger partial charge in [-0.1, -0.05) is 35.9 Å². The van der Waals surface area contributed by atoms with Crippen molar-refractivity contribution in [3.05, 3.63) is 60.2 Å². The highest BCUT2D eigenvalue weighted by Crippen LogP contribution is 2.19. The van der Waals surface area contributed by atoms with Crippen LogP contribution in [0.4, 0.5) is 5.69 Å². The first-order chi connectivity index (χ1) is 9.24. The van der Waals surface area contributed by atoms with Crippen molar-refractivity contribution in [2.75, 3.05) is 11.1 Å². The van der Waals surface area contributed by atoms with Crippen molar-refractivity contribution >= 4 is 23.4 Å². The second-order valence-electron chi connectivity index (χ2n) is 4.33. The number of hydrogen-bond acceptors (Lipinski definition) is 2. The molecule has 1 amide bonds. The summed E-state index contributed by atoms with van der Waals surface area (Å²) in [4.78, 5) is 12.9. The number of rotatable bonds is 5. The fourth-order valence-corrected chi connectivity index (χ4v) is 2.49. The fourth-order valence-electron chi connectivity index (χ4n) is 1.64. The Morgan fingerprint density at radius 2 is 1.74 bits per heavy atom. The molecular weight excluding hydrogens is 254 g/mol. The third-order valence-electron chi connectivity index (χ3n) is 2.68. The van der Waals surface area contributed by atoms with E-state index in [1.165, 1.54) is 10.5 Å². The van der Waals surface area contributed by atoms with Gasteiger partial charge in [-0.2, -0.15) is 0 Å². The summed E-state index contributed by atoms with van der Waals surface area (Å²) in [5.74, 6) is 0.854. The Balaban J connectivity index is 1.74. The van der Waals surface area contributed by atoms with Gasteiger partial charge in [0, 0.05) is 22.8 Å². The third kappa shape index (κ3) is 4.79. The van der Waals surface area contributed by atoms with E-state index in [0.717, 1.165) is 11.4 Å². The molecule has 98 valence electrons. The maximum atomic E-state index is 11.7. The number of hydrogen-bond donors (Lipinski definition) is 1. The Morgan fingerprint density at radius 3 is 2.42 bits per heavy atom. The average Bonchev–Trinajstić information content (AvgIpc) is 2.42. The Morgan fingerprint density at radius 1 is 1.05 bits per heavy atom. The highest BCUT2D eigenvalue weighted by atomic mass is 32.2.